The van der Waals surface area contributed by atoms with Crippen LogP contribution in [0.25, 0.3) is 0 Å². The molecule has 0 bridgehead atoms. The van der Waals surface area contributed by atoms with Gasteiger partial charge in [0.2, 0.25) is 0 Å². The Kier molecular flexibility index (Phi) is 146. The molecule has 17 valence electrons. The zero-order valence-electron chi connectivity index (χ0n) is 2.59. The topological polar surface area (TPSA) is 0 Å². The Morgan fingerprint density at radius 2 is 1.00 bits per heavy atom. The van der Waals surface area contributed by atoms with Crippen LogP contribution in [0.15, 0.2) is 0 Å². The van der Waals surface area contributed by atoms with Gasteiger partial charge in [0.1, 0.15) is 0 Å². The molecule has 0 aliphatic heterocycles. The Labute approximate surface area is 75.4 Å². The largest absolute Gasteiger partial charge is 0 e. The van der Waals surface area contributed by atoms with Gasteiger partial charge in [-0.25, -0.2) is 0 Å². The van der Waals surface area contributed by atoms with Gasteiger partial charge in [-0.3, -0.25) is 0 Å². The maximum absolute atomic E-state index is 0. The molecular formula is AlCuLiMg. The van der Waals surface area contributed by atoms with E-state index in [0.717, 1.165) is 0 Å². The number of hydrogen-bond acceptors (Lipinski definition) is 0. The van der Waals surface area contributed by atoms with Crippen LogP contribution in [-0.2, 0) is 17.1 Å². The van der Waals surface area contributed by atoms with Crippen LogP contribution in [-0.4, -0.2) is 59.3 Å². The molecule has 0 atom stereocenters. The molecule has 0 aromatic heterocycles. The molecule has 7 radical (unpaired) electrons. The fourth-order valence-corrected chi connectivity index (χ4v) is 0. The summed E-state index contributed by atoms with van der Waals surface area (Å²) in [7, 11) is 0. The Balaban J connectivity index is 0. The van der Waals surface area contributed by atoms with E-state index >= 15 is 0 Å². The van der Waals surface area contributed by atoms with Gasteiger partial charge in [0.05, 0.1) is 0 Å². The summed E-state index contributed by atoms with van der Waals surface area (Å²) in [6.07, 6.45) is 0. The van der Waals surface area contributed by atoms with Crippen LogP contribution in [0.1, 0.15) is 0 Å². The molecule has 0 rings (SSSR count). The van der Waals surface area contributed by atoms with Crippen LogP contribution >= 0.6 is 0 Å². The molecule has 0 aliphatic rings. The monoisotopic (exact) mass is 121 g/mol. The van der Waals surface area contributed by atoms with Crippen molar-refractivity contribution in [2.45, 2.75) is 0 Å². The maximum Gasteiger partial charge on any atom is 0 e. The van der Waals surface area contributed by atoms with E-state index in [1.165, 1.54) is 0 Å². The standard InChI is InChI=1S/Al.Cu.Li.Mg. The van der Waals surface area contributed by atoms with Gasteiger partial charge in [-0.1, -0.05) is 0 Å². The molecule has 0 aromatic carbocycles. The zero-order chi connectivity index (χ0) is 0. The van der Waals surface area contributed by atoms with Gasteiger partial charge in [0, 0.05) is 76.3 Å². The second kappa shape index (κ2) is 18.1. The molecule has 0 amide bonds. The average Bonchev–Trinajstić information content (AvgIpc) is 0. The molecule has 0 spiro atoms. The van der Waals surface area contributed by atoms with Crippen molar-refractivity contribution in [3.05, 3.63) is 0 Å². The Bertz CT molecular complexity index is 8.00. The molecule has 0 aromatic rings. The predicted octanol–water partition coefficient (Wildman–Crippen LogP) is -1.14. The van der Waals surface area contributed by atoms with Crippen molar-refractivity contribution in [1.29, 1.82) is 0 Å². The van der Waals surface area contributed by atoms with Gasteiger partial charge in [0.25, 0.3) is 0 Å². The normalized spacial score (nSPS) is 0. The predicted molar refractivity (Wildman–Crippen MR) is 17.3 cm³/mol. The SMILES string of the molecule is [Al].[Cu].[Li].[Mg]. The van der Waals surface area contributed by atoms with Gasteiger partial charge in [-0.05, 0) is 0 Å². The van der Waals surface area contributed by atoms with Gasteiger partial charge in [0.15, 0.2) is 0 Å². The summed E-state index contributed by atoms with van der Waals surface area (Å²) in [5.41, 5.74) is 0. The van der Waals surface area contributed by atoms with E-state index in [9.17, 15) is 0 Å². The molecular weight excluding hydrogens is 122 g/mol. The first kappa shape index (κ1) is 32.2. The third-order valence-corrected chi connectivity index (χ3v) is 0. The summed E-state index contributed by atoms with van der Waals surface area (Å²) >= 11 is 0. The number of rotatable bonds is 0. The van der Waals surface area contributed by atoms with Crippen LogP contribution in [0.4, 0.5) is 0 Å². The number of hydrogen-bond donors (Lipinski definition) is 0. The second-order valence-electron chi connectivity index (χ2n) is 0. The van der Waals surface area contributed by atoms with Crippen molar-refractivity contribution in [1.82, 2.24) is 0 Å². The summed E-state index contributed by atoms with van der Waals surface area (Å²) in [5, 5.41) is 0. The zero-order valence-corrected chi connectivity index (χ0v) is 6.10. The molecule has 4 heteroatoms. The summed E-state index contributed by atoms with van der Waals surface area (Å²) in [4.78, 5) is 0. The molecule has 0 unspecified atom stereocenters. The van der Waals surface area contributed by atoms with Crippen molar-refractivity contribution in [2.75, 3.05) is 0 Å². The molecule has 0 saturated carbocycles. The van der Waals surface area contributed by atoms with E-state index in [2.05, 4.69) is 0 Å². The van der Waals surface area contributed by atoms with Crippen LogP contribution in [0.3, 0.4) is 0 Å². The van der Waals surface area contributed by atoms with Crippen LogP contribution in [0.2, 0.25) is 0 Å². The molecule has 0 aliphatic carbocycles. The van der Waals surface area contributed by atoms with Crippen LogP contribution < -0.4 is 0 Å². The smallest absolute Gasteiger partial charge is 0 e. The molecule has 0 saturated heterocycles. The Morgan fingerprint density at radius 3 is 1.00 bits per heavy atom. The first-order valence-electron chi connectivity index (χ1n) is 0. The first-order valence-corrected chi connectivity index (χ1v) is 0. The van der Waals surface area contributed by atoms with Gasteiger partial charge in [-0.15, -0.1) is 0 Å². The van der Waals surface area contributed by atoms with E-state index in [1.807, 2.05) is 0 Å². The second-order valence-corrected chi connectivity index (χ2v) is 0. The summed E-state index contributed by atoms with van der Waals surface area (Å²) in [5.74, 6) is 0. The maximum atomic E-state index is 0. The minimum absolute atomic E-state index is 0. The molecule has 0 N–H and O–H groups in total. The molecule has 0 heterocycles. The van der Waals surface area contributed by atoms with Gasteiger partial charge >= 0.3 is 0 Å². The van der Waals surface area contributed by atoms with Crippen molar-refractivity contribution >= 4 is 59.3 Å². The van der Waals surface area contributed by atoms with E-state index < -0.39 is 0 Å². The Morgan fingerprint density at radius 1 is 1.00 bits per heavy atom. The van der Waals surface area contributed by atoms with E-state index in [0.29, 0.717) is 0 Å². The minimum atomic E-state index is 0. The summed E-state index contributed by atoms with van der Waals surface area (Å²) < 4.78 is 0. The van der Waals surface area contributed by atoms with E-state index in [-0.39, 0.29) is 76.3 Å². The van der Waals surface area contributed by atoms with E-state index in [1.54, 1.807) is 0 Å². The van der Waals surface area contributed by atoms with Crippen molar-refractivity contribution in [2.24, 2.45) is 0 Å². The van der Waals surface area contributed by atoms with Crippen molar-refractivity contribution < 1.29 is 17.1 Å². The first-order chi connectivity index (χ1) is 0. The fraction of sp³-hybridized carbons (Fsp3) is 0. The molecule has 0 fully saturated rings. The van der Waals surface area contributed by atoms with E-state index in [4.69, 9.17) is 0 Å². The van der Waals surface area contributed by atoms with Gasteiger partial charge in [-0.2, -0.15) is 0 Å². The van der Waals surface area contributed by atoms with Crippen LogP contribution in [0, 0.1) is 0 Å². The third-order valence-electron chi connectivity index (χ3n) is 0. The average molecular weight is 122 g/mol. The van der Waals surface area contributed by atoms with Crippen molar-refractivity contribution in [3.8, 4) is 0 Å². The summed E-state index contributed by atoms with van der Waals surface area (Å²) in [6.45, 7) is 0. The van der Waals surface area contributed by atoms with Crippen molar-refractivity contribution in [3.63, 3.8) is 0 Å². The minimum Gasteiger partial charge on any atom is 0 e. The molecule has 4 heavy (non-hydrogen) atoms. The quantitative estimate of drug-likeness (QED) is 0.356. The van der Waals surface area contributed by atoms with Crippen LogP contribution in [0.5, 0.6) is 0 Å². The van der Waals surface area contributed by atoms with Gasteiger partial charge < -0.3 is 0 Å². The Hall–Kier alpha value is 2.42. The summed E-state index contributed by atoms with van der Waals surface area (Å²) in [6, 6.07) is 0. The molecule has 0 nitrogen and oxygen atoms in total. The fourth-order valence-electron chi connectivity index (χ4n) is 0. The third kappa shape index (κ3) is 8.83.